The summed E-state index contributed by atoms with van der Waals surface area (Å²) < 4.78 is 4.82. The van der Waals surface area contributed by atoms with Crippen molar-refractivity contribution in [1.82, 2.24) is 10.2 Å². The lowest BCUT2D eigenvalue weighted by atomic mass is 10.1. The van der Waals surface area contributed by atoms with E-state index in [1.54, 1.807) is 6.92 Å². The molecule has 1 aromatic rings. The average Bonchev–Trinajstić information content (AvgIpc) is 3.09. The molecule has 2 N–H and O–H groups in total. The van der Waals surface area contributed by atoms with E-state index in [-0.39, 0.29) is 17.5 Å². The molecule has 1 aromatic heterocycles. The Morgan fingerprint density at radius 1 is 1.61 bits per heavy atom. The number of carbonyl (C=O) groups excluding carboxylic acids is 2. The van der Waals surface area contributed by atoms with Gasteiger partial charge >= 0.3 is 5.97 Å². The zero-order valence-corrected chi connectivity index (χ0v) is 10.5. The maximum atomic E-state index is 11.8. The largest absolute Gasteiger partial charge is 0.461 e. The molecule has 6 heteroatoms. The lowest BCUT2D eigenvalue weighted by Gasteiger charge is -2.08. The summed E-state index contributed by atoms with van der Waals surface area (Å²) in [5, 5.41) is 9.10. The maximum absolute atomic E-state index is 11.8. The van der Waals surface area contributed by atoms with Crippen molar-refractivity contribution in [3.63, 3.8) is 0 Å². The van der Waals surface area contributed by atoms with Crippen LogP contribution in [0.25, 0.3) is 0 Å². The Morgan fingerprint density at radius 2 is 2.33 bits per heavy atom. The highest BCUT2D eigenvalue weighted by Crippen LogP contribution is 2.36. The number of hydrogen-bond acceptors (Lipinski definition) is 4. The first-order chi connectivity index (χ1) is 8.61. The molecule has 0 spiro atoms. The van der Waals surface area contributed by atoms with Crippen LogP contribution in [0.3, 0.4) is 0 Å². The van der Waals surface area contributed by atoms with Crippen molar-refractivity contribution in [1.29, 1.82) is 0 Å². The van der Waals surface area contributed by atoms with E-state index in [4.69, 9.17) is 4.74 Å². The van der Waals surface area contributed by atoms with Gasteiger partial charge in [-0.3, -0.25) is 9.89 Å². The summed E-state index contributed by atoms with van der Waals surface area (Å²) in [5.41, 5.74) is 0.242. The third-order valence-electron chi connectivity index (χ3n) is 3.07. The predicted molar refractivity (Wildman–Crippen MR) is 65.1 cm³/mol. The second-order valence-electron chi connectivity index (χ2n) is 4.50. The molecule has 0 aliphatic heterocycles. The lowest BCUT2D eigenvalue weighted by Crippen LogP contribution is -2.21. The summed E-state index contributed by atoms with van der Waals surface area (Å²) in [7, 11) is 0. The molecule has 0 unspecified atom stereocenters. The van der Waals surface area contributed by atoms with Crippen molar-refractivity contribution in [3.8, 4) is 0 Å². The summed E-state index contributed by atoms with van der Waals surface area (Å²) >= 11 is 0. The van der Waals surface area contributed by atoms with E-state index < -0.39 is 5.97 Å². The van der Waals surface area contributed by atoms with Crippen molar-refractivity contribution < 1.29 is 14.3 Å². The van der Waals surface area contributed by atoms with E-state index in [1.165, 1.54) is 6.07 Å². The first-order valence-electron chi connectivity index (χ1n) is 6.15. The molecule has 1 amide bonds. The minimum absolute atomic E-state index is 0.00672. The van der Waals surface area contributed by atoms with Crippen molar-refractivity contribution in [2.75, 3.05) is 11.9 Å². The molecule has 1 saturated carbocycles. The molecule has 0 radical (unpaired) electrons. The number of aromatic amines is 1. The highest BCUT2D eigenvalue weighted by Gasteiger charge is 2.32. The van der Waals surface area contributed by atoms with Crippen LogP contribution in [0, 0.1) is 11.8 Å². The summed E-state index contributed by atoms with van der Waals surface area (Å²) in [6.45, 7) is 3.94. The Hall–Kier alpha value is -1.85. The van der Waals surface area contributed by atoms with Crippen LogP contribution >= 0.6 is 0 Å². The third-order valence-corrected chi connectivity index (χ3v) is 3.07. The Morgan fingerprint density at radius 3 is 2.94 bits per heavy atom. The molecular formula is C12H17N3O3. The van der Waals surface area contributed by atoms with Gasteiger partial charge in [0, 0.05) is 12.0 Å². The standard InChI is InChI=1S/C12H17N3O3/c1-3-18-12(17)9-6-10(15-14-9)13-11(16)7(2)8-4-5-8/h6-8H,3-5H2,1-2H3,(H2,13,14,15,16)/t7-/m1/s1. The van der Waals surface area contributed by atoms with Gasteiger partial charge in [-0.2, -0.15) is 5.10 Å². The smallest absolute Gasteiger partial charge is 0.356 e. The van der Waals surface area contributed by atoms with Crippen LogP contribution < -0.4 is 5.32 Å². The van der Waals surface area contributed by atoms with Crippen LogP contribution in [-0.2, 0) is 9.53 Å². The lowest BCUT2D eigenvalue weighted by molar-refractivity contribution is -0.119. The molecule has 1 atom stereocenters. The van der Waals surface area contributed by atoms with Gasteiger partial charge in [-0.1, -0.05) is 6.92 Å². The van der Waals surface area contributed by atoms with Crippen LogP contribution in [0.2, 0.25) is 0 Å². The normalized spacial score (nSPS) is 16.1. The van der Waals surface area contributed by atoms with Gasteiger partial charge in [-0.15, -0.1) is 0 Å². The Bertz CT molecular complexity index is 451. The second-order valence-corrected chi connectivity index (χ2v) is 4.50. The van der Waals surface area contributed by atoms with Crippen LogP contribution in [0.15, 0.2) is 6.07 Å². The highest BCUT2D eigenvalue weighted by molar-refractivity contribution is 5.94. The second kappa shape index (κ2) is 5.20. The third kappa shape index (κ3) is 2.88. The van der Waals surface area contributed by atoms with Gasteiger partial charge in [0.25, 0.3) is 0 Å². The number of nitrogens with one attached hydrogen (secondary N) is 2. The monoisotopic (exact) mass is 251 g/mol. The molecule has 2 rings (SSSR count). The van der Waals surface area contributed by atoms with E-state index in [0.29, 0.717) is 18.3 Å². The van der Waals surface area contributed by atoms with E-state index in [0.717, 1.165) is 12.8 Å². The number of esters is 1. The van der Waals surface area contributed by atoms with Gasteiger partial charge in [-0.05, 0) is 25.7 Å². The van der Waals surface area contributed by atoms with E-state index in [2.05, 4.69) is 15.5 Å². The molecule has 1 aliphatic carbocycles. The average molecular weight is 251 g/mol. The fourth-order valence-corrected chi connectivity index (χ4v) is 1.75. The van der Waals surface area contributed by atoms with Gasteiger partial charge in [0.1, 0.15) is 5.69 Å². The molecule has 98 valence electrons. The maximum Gasteiger partial charge on any atom is 0.356 e. The number of nitrogens with zero attached hydrogens (tertiary/aromatic N) is 1. The number of hydrogen-bond donors (Lipinski definition) is 2. The van der Waals surface area contributed by atoms with Gasteiger partial charge in [-0.25, -0.2) is 4.79 Å². The first-order valence-corrected chi connectivity index (χ1v) is 6.15. The van der Waals surface area contributed by atoms with E-state index in [1.807, 2.05) is 6.92 Å². The summed E-state index contributed by atoms with van der Waals surface area (Å²) in [6, 6.07) is 1.48. The number of carbonyl (C=O) groups is 2. The van der Waals surface area contributed by atoms with Gasteiger partial charge < -0.3 is 10.1 Å². The van der Waals surface area contributed by atoms with Crippen molar-refractivity contribution in [2.45, 2.75) is 26.7 Å². The summed E-state index contributed by atoms with van der Waals surface area (Å²) in [4.78, 5) is 23.2. The van der Waals surface area contributed by atoms with E-state index >= 15 is 0 Å². The Labute approximate surface area is 105 Å². The van der Waals surface area contributed by atoms with Crippen molar-refractivity contribution in [2.24, 2.45) is 11.8 Å². The van der Waals surface area contributed by atoms with E-state index in [9.17, 15) is 9.59 Å². The topological polar surface area (TPSA) is 84.1 Å². The van der Waals surface area contributed by atoms with Crippen molar-refractivity contribution >= 4 is 17.7 Å². The number of anilines is 1. The Balaban J connectivity index is 1.93. The molecule has 0 aromatic carbocycles. The number of amides is 1. The minimum atomic E-state index is -0.472. The molecular weight excluding hydrogens is 234 g/mol. The van der Waals surface area contributed by atoms with Crippen molar-refractivity contribution in [3.05, 3.63) is 11.8 Å². The highest BCUT2D eigenvalue weighted by atomic mass is 16.5. The fraction of sp³-hybridized carbons (Fsp3) is 0.583. The zero-order valence-electron chi connectivity index (χ0n) is 10.5. The Kier molecular flexibility index (Phi) is 3.64. The van der Waals surface area contributed by atoms with Crippen LogP contribution in [0.4, 0.5) is 5.82 Å². The number of aromatic nitrogens is 2. The van der Waals surface area contributed by atoms with Gasteiger partial charge in [0.15, 0.2) is 5.82 Å². The molecule has 18 heavy (non-hydrogen) atoms. The van der Waals surface area contributed by atoms with Crippen LogP contribution in [0.1, 0.15) is 37.2 Å². The van der Waals surface area contributed by atoms with Gasteiger partial charge in [0.05, 0.1) is 6.61 Å². The summed E-state index contributed by atoms with van der Waals surface area (Å²) in [5.74, 6) is 0.317. The fourth-order valence-electron chi connectivity index (χ4n) is 1.75. The first kappa shape index (κ1) is 12.6. The van der Waals surface area contributed by atoms with Crippen LogP contribution in [0.5, 0.6) is 0 Å². The number of ether oxygens (including phenoxy) is 1. The SMILES string of the molecule is CCOC(=O)c1cc(NC(=O)[C@H](C)C2CC2)n[nH]1. The number of H-pyrrole nitrogens is 1. The molecule has 1 aliphatic rings. The molecule has 0 bridgehead atoms. The van der Waals surface area contributed by atoms with Crippen LogP contribution in [-0.4, -0.2) is 28.7 Å². The zero-order chi connectivity index (χ0) is 13.1. The minimum Gasteiger partial charge on any atom is -0.461 e. The predicted octanol–water partition coefficient (Wildman–Crippen LogP) is 1.57. The molecule has 1 fully saturated rings. The molecule has 0 saturated heterocycles. The number of rotatable bonds is 5. The molecule has 1 heterocycles. The van der Waals surface area contributed by atoms with Gasteiger partial charge in [0.2, 0.25) is 5.91 Å². The summed E-state index contributed by atoms with van der Waals surface area (Å²) in [6.07, 6.45) is 2.23. The molecule has 6 nitrogen and oxygen atoms in total. The quantitative estimate of drug-likeness (QED) is 0.778.